The number of hydrogen-bond acceptors (Lipinski definition) is 5. The number of phenols is 2. The summed E-state index contributed by atoms with van der Waals surface area (Å²) in [7, 11) is -5.16. The molecule has 1 rings (SSSR count). The Hall–Kier alpha value is -1.83. The minimum absolute atomic E-state index is 0.381. The van der Waals surface area contributed by atoms with Crippen molar-refractivity contribution in [3.05, 3.63) is 23.8 Å². The summed E-state index contributed by atoms with van der Waals surface area (Å²) in [6.45, 7) is 0. The number of nitrogens with one attached hydrogen (secondary N) is 1. The molecule has 6 nitrogen and oxygen atoms in total. The molecule has 0 aliphatic rings. The number of phenolic OH excluding ortho intramolecular Hbond substituents is 2. The van der Waals surface area contributed by atoms with Crippen LogP contribution in [0, 0.1) is 0 Å². The van der Waals surface area contributed by atoms with Gasteiger partial charge in [-0.25, -0.2) is 4.72 Å². The SMILES string of the molecule is O=C(NS(=O)(=O)F)c1cc(O)cc(O)c1. The number of carbonyl (C=O) groups is 1. The van der Waals surface area contributed by atoms with Crippen molar-refractivity contribution in [2.75, 3.05) is 0 Å². The maximum absolute atomic E-state index is 12.0. The number of aromatic hydroxyl groups is 2. The summed E-state index contributed by atoms with van der Waals surface area (Å²) in [5.74, 6) is -2.18. The molecule has 1 aromatic carbocycles. The molecule has 8 heteroatoms. The second-order valence-electron chi connectivity index (χ2n) is 2.61. The van der Waals surface area contributed by atoms with Crippen LogP contribution in [0.2, 0.25) is 0 Å². The second-order valence-corrected chi connectivity index (χ2v) is 3.69. The molecule has 0 unspecified atom stereocenters. The van der Waals surface area contributed by atoms with Crippen LogP contribution in [0.1, 0.15) is 10.4 Å². The molecule has 0 spiro atoms. The fraction of sp³-hybridized carbons (Fsp3) is 0. The van der Waals surface area contributed by atoms with Gasteiger partial charge < -0.3 is 10.2 Å². The van der Waals surface area contributed by atoms with Gasteiger partial charge in [-0.2, -0.15) is 8.42 Å². The molecule has 15 heavy (non-hydrogen) atoms. The molecule has 0 fully saturated rings. The average Bonchev–Trinajstić information content (AvgIpc) is 1.98. The zero-order valence-electron chi connectivity index (χ0n) is 7.14. The molecular weight excluding hydrogens is 229 g/mol. The van der Waals surface area contributed by atoms with Crippen molar-refractivity contribution < 1.29 is 27.3 Å². The van der Waals surface area contributed by atoms with Gasteiger partial charge in [0.2, 0.25) is 0 Å². The highest BCUT2D eigenvalue weighted by atomic mass is 32.3. The smallest absolute Gasteiger partial charge is 0.399 e. The molecule has 3 N–H and O–H groups in total. The van der Waals surface area contributed by atoms with Crippen LogP contribution in [0.25, 0.3) is 0 Å². The Morgan fingerprint density at radius 3 is 2.07 bits per heavy atom. The van der Waals surface area contributed by atoms with Crippen molar-refractivity contribution >= 4 is 16.3 Å². The Bertz CT molecular complexity index is 478. The van der Waals surface area contributed by atoms with Gasteiger partial charge in [-0.15, -0.1) is 0 Å². The van der Waals surface area contributed by atoms with Gasteiger partial charge in [-0.05, 0) is 12.1 Å². The van der Waals surface area contributed by atoms with Crippen molar-refractivity contribution in [3.8, 4) is 11.5 Å². The van der Waals surface area contributed by atoms with Crippen LogP contribution in [0.15, 0.2) is 18.2 Å². The van der Waals surface area contributed by atoms with Crippen LogP contribution in [0.3, 0.4) is 0 Å². The third-order valence-electron chi connectivity index (χ3n) is 1.38. The zero-order chi connectivity index (χ0) is 11.6. The third kappa shape index (κ3) is 3.43. The highest BCUT2D eigenvalue weighted by Gasteiger charge is 2.15. The Kier molecular flexibility index (Phi) is 2.80. The van der Waals surface area contributed by atoms with Crippen LogP contribution < -0.4 is 4.72 Å². The van der Waals surface area contributed by atoms with Crippen molar-refractivity contribution in [1.82, 2.24) is 4.72 Å². The first kappa shape index (κ1) is 11.2. The predicted molar refractivity (Wildman–Crippen MR) is 47.3 cm³/mol. The minimum Gasteiger partial charge on any atom is -0.508 e. The lowest BCUT2D eigenvalue weighted by molar-refractivity contribution is 0.0979. The normalized spacial score (nSPS) is 11.0. The fourth-order valence-corrected chi connectivity index (χ4v) is 1.24. The number of amides is 1. The summed E-state index contributed by atoms with van der Waals surface area (Å²) in [6.07, 6.45) is 0. The van der Waals surface area contributed by atoms with E-state index in [1.807, 2.05) is 0 Å². The average molecular weight is 235 g/mol. The van der Waals surface area contributed by atoms with Gasteiger partial charge in [0, 0.05) is 11.6 Å². The molecule has 1 aromatic rings. The van der Waals surface area contributed by atoms with Crippen molar-refractivity contribution in [3.63, 3.8) is 0 Å². The Labute approximate surface area is 84.3 Å². The highest BCUT2D eigenvalue weighted by molar-refractivity contribution is 7.85. The van der Waals surface area contributed by atoms with E-state index in [1.54, 1.807) is 0 Å². The van der Waals surface area contributed by atoms with Gasteiger partial charge in [-0.1, -0.05) is 3.89 Å². The zero-order valence-corrected chi connectivity index (χ0v) is 7.95. The fourth-order valence-electron chi connectivity index (χ4n) is 0.896. The van der Waals surface area contributed by atoms with Crippen molar-refractivity contribution in [2.24, 2.45) is 0 Å². The van der Waals surface area contributed by atoms with Crippen LogP contribution in [0.5, 0.6) is 11.5 Å². The lowest BCUT2D eigenvalue weighted by Gasteiger charge is -2.02. The number of benzene rings is 1. The maximum atomic E-state index is 12.0. The molecule has 1 amide bonds. The van der Waals surface area contributed by atoms with Gasteiger partial charge in [0.05, 0.1) is 0 Å². The maximum Gasteiger partial charge on any atom is 0.399 e. The largest absolute Gasteiger partial charge is 0.508 e. The lowest BCUT2D eigenvalue weighted by Crippen LogP contribution is -2.27. The minimum atomic E-state index is -5.16. The Balaban J connectivity index is 3.02. The highest BCUT2D eigenvalue weighted by Crippen LogP contribution is 2.20. The summed E-state index contributed by atoms with van der Waals surface area (Å²) in [4.78, 5) is 11.0. The first-order chi connectivity index (χ1) is 6.78. The number of hydrogen-bond donors (Lipinski definition) is 3. The van der Waals surface area contributed by atoms with Gasteiger partial charge in [-0.3, -0.25) is 4.79 Å². The van der Waals surface area contributed by atoms with Crippen LogP contribution in [-0.4, -0.2) is 24.5 Å². The molecule has 0 atom stereocenters. The van der Waals surface area contributed by atoms with E-state index in [9.17, 15) is 17.1 Å². The molecule has 0 saturated heterocycles. The molecule has 0 aliphatic carbocycles. The number of rotatable bonds is 2. The quantitative estimate of drug-likeness (QED) is 0.628. The Morgan fingerprint density at radius 1 is 1.20 bits per heavy atom. The summed E-state index contributed by atoms with van der Waals surface area (Å²) < 4.78 is 33.2. The molecule has 0 aliphatic heterocycles. The molecule has 0 heterocycles. The summed E-state index contributed by atoms with van der Waals surface area (Å²) in [6, 6.07) is 2.68. The van der Waals surface area contributed by atoms with Gasteiger partial charge in [0.25, 0.3) is 5.91 Å². The first-order valence-corrected chi connectivity index (χ1v) is 4.96. The first-order valence-electron chi connectivity index (χ1n) is 3.58. The number of carbonyl (C=O) groups excluding carboxylic acids is 1. The van der Waals surface area contributed by atoms with E-state index in [-0.39, 0.29) is 5.56 Å². The third-order valence-corrected chi connectivity index (χ3v) is 1.81. The molecule has 0 bridgehead atoms. The van der Waals surface area contributed by atoms with Crippen LogP contribution in [-0.2, 0) is 10.4 Å². The molecule has 0 aromatic heterocycles. The van der Waals surface area contributed by atoms with Crippen molar-refractivity contribution in [2.45, 2.75) is 0 Å². The molecule has 82 valence electrons. The van der Waals surface area contributed by atoms with Gasteiger partial charge in [0.1, 0.15) is 11.5 Å². The predicted octanol–water partition coefficient (Wildman–Crippen LogP) is 0.0419. The van der Waals surface area contributed by atoms with Crippen LogP contribution >= 0.6 is 0 Å². The standard InChI is InChI=1S/C7H6FNO5S/c8-15(13,14)9-7(12)4-1-5(10)3-6(11)2-4/h1-3,10-11H,(H,9,12). The van der Waals surface area contributed by atoms with Crippen LogP contribution in [0.4, 0.5) is 3.89 Å². The second kappa shape index (κ2) is 3.73. The molecule has 0 radical (unpaired) electrons. The van der Waals surface area contributed by atoms with E-state index in [2.05, 4.69) is 0 Å². The number of halogens is 1. The summed E-state index contributed by atoms with van der Waals surface area (Å²) in [5, 5.41) is 17.9. The van der Waals surface area contributed by atoms with E-state index in [4.69, 9.17) is 10.2 Å². The monoisotopic (exact) mass is 235 g/mol. The summed E-state index contributed by atoms with van der Waals surface area (Å²) >= 11 is 0. The van der Waals surface area contributed by atoms with E-state index < -0.39 is 27.8 Å². The van der Waals surface area contributed by atoms with E-state index >= 15 is 0 Å². The molecule has 0 saturated carbocycles. The van der Waals surface area contributed by atoms with Gasteiger partial charge >= 0.3 is 10.4 Å². The summed E-state index contributed by atoms with van der Waals surface area (Å²) in [5.41, 5.74) is -0.381. The van der Waals surface area contributed by atoms with E-state index in [0.29, 0.717) is 0 Å². The lowest BCUT2D eigenvalue weighted by atomic mass is 10.2. The van der Waals surface area contributed by atoms with Crippen molar-refractivity contribution in [1.29, 1.82) is 0 Å². The molecular formula is C7H6FNO5S. The van der Waals surface area contributed by atoms with E-state index in [0.717, 1.165) is 22.9 Å². The van der Waals surface area contributed by atoms with E-state index in [1.165, 1.54) is 0 Å². The Morgan fingerprint density at radius 2 is 1.67 bits per heavy atom. The van der Waals surface area contributed by atoms with Gasteiger partial charge in [0.15, 0.2) is 0 Å². The topological polar surface area (TPSA) is 104 Å².